The van der Waals surface area contributed by atoms with Gasteiger partial charge >= 0.3 is 0 Å². The first-order valence-electron chi connectivity index (χ1n) is 12.5. The molecule has 0 aromatic carbocycles. The first-order valence-corrected chi connectivity index (χ1v) is 12.9. The number of hydrogen-bond acceptors (Lipinski definition) is 3. The highest BCUT2D eigenvalue weighted by molar-refractivity contribution is 6.31. The molecule has 0 radical (unpaired) electrons. The van der Waals surface area contributed by atoms with Gasteiger partial charge < -0.3 is 15.3 Å². The van der Waals surface area contributed by atoms with Gasteiger partial charge in [-0.2, -0.15) is 0 Å². The number of aliphatic hydroxyl groups is 1. The van der Waals surface area contributed by atoms with Crippen LogP contribution in [0.2, 0.25) is 0 Å². The molecule has 2 heterocycles. The lowest BCUT2D eigenvalue weighted by atomic mass is 9.69. The van der Waals surface area contributed by atoms with Crippen LogP contribution in [0.5, 0.6) is 0 Å². The van der Waals surface area contributed by atoms with Crippen molar-refractivity contribution in [3.63, 3.8) is 0 Å². The van der Waals surface area contributed by atoms with Gasteiger partial charge in [0.25, 0.3) is 0 Å². The number of β-amino-alcohol motifs (C(OH)–C–C–N with tert-alkyl or cyclic N) is 1. The minimum absolute atomic E-state index is 0.110. The summed E-state index contributed by atoms with van der Waals surface area (Å²) in [5.41, 5.74) is 4.61. The Morgan fingerprint density at radius 3 is 2.47 bits per heavy atom. The highest BCUT2D eigenvalue weighted by Gasteiger charge is 2.41. The maximum absolute atomic E-state index is 9.26. The van der Waals surface area contributed by atoms with E-state index in [1.165, 1.54) is 29.8 Å². The van der Waals surface area contributed by atoms with Gasteiger partial charge in [-0.1, -0.05) is 50.6 Å². The molecule has 4 aliphatic rings. The summed E-state index contributed by atoms with van der Waals surface area (Å²) >= 11 is 6.14. The summed E-state index contributed by atoms with van der Waals surface area (Å²) < 4.78 is 0. The predicted molar refractivity (Wildman–Crippen MR) is 137 cm³/mol. The first kappa shape index (κ1) is 25.4. The molecule has 0 spiro atoms. The number of nitrogens with zero attached hydrogens (tertiary/aromatic N) is 1. The van der Waals surface area contributed by atoms with Gasteiger partial charge in [-0.3, -0.25) is 0 Å². The molecule has 0 bridgehead atoms. The Labute approximate surface area is 201 Å². The number of hydrogen-bond donors (Lipinski definition) is 2. The maximum Gasteiger partial charge on any atom is 0.0606 e. The summed E-state index contributed by atoms with van der Waals surface area (Å²) in [5.74, 6) is 3.42. The van der Waals surface area contributed by atoms with Crippen molar-refractivity contribution in [1.82, 2.24) is 10.2 Å². The van der Waals surface area contributed by atoms with Crippen molar-refractivity contribution in [3.8, 4) is 0 Å². The summed E-state index contributed by atoms with van der Waals surface area (Å²) in [7, 11) is 0. The van der Waals surface area contributed by atoms with Crippen molar-refractivity contribution < 1.29 is 5.11 Å². The third kappa shape index (κ3) is 5.30. The average molecular weight is 461 g/mol. The Hall–Kier alpha value is -1.19. The molecule has 5 atom stereocenters. The molecule has 0 amide bonds. The normalized spacial score (nSPS) is 34.9. The molecule has 0 aromatic rings. The summed E-state index contributed by atoms with van der Waals surface area (Å²) in [6, 6.07) is 0. The second-order valence-electron chi connectivity index (χ2n) is 11.9. The van der Waals surface area contributed by atoms with Gasteiger partial charge in [0.05, 0.1) is 6.61 Å². The Morgan fingerprint density at radius 2 is 1.81 bits per heavy atom. The van der Waals surface area contributed by atoms with E-state index in [1.807, 2.05) is 0 Å². The van der Waals surface area contributed by atoms with Gasteiger partial charge in [0.2, 0.25) is 0 Å². The monoisotopic (exact) mass is 460 g/mol. The average Bonchev–Trinajstić information content (AvgIpc) is 2.67. The number of allylic oxidation sites excluding steroid dienone is 8. The van der Waals surface area contributed by atoms with Crippen LogP contribution < -0.4 is 5.32 Å². The Morgan fingerprint density at radius 1 is 1.12 bits per heavy atom. The predicted octanol–water partition coefficient (Wildman–Crippen LogP) is 6.62. The summed E-state index contributed by atoms with van der Waals surface area (Å²) in [4.78, 5) is 2.34. The minimum atomic E-state index is 0.110. The van der Waals surface area contributed by atoms with E-state index in [0.29, 0.717) is 30.2 Å². The molecule has 4 heteroatoms. The minimum Gasteiger partial charge on any atom is -0.395 e. The molecule has 2 saturated heterocycles. The number of likely N-dealkylation sites (tertiary alicyclic amines) is 1. The van der Waals surface area contributed by atoms with Crippen molar-refractivity contribution in [2.24, 2.45) is 29.6 Å². The molecule has 3 nitrogen and oxygen atoms in total. The van der Waals surface area contributed by atoms with Gasteiger partial charge in [-0.15, -0.1) is 0 Å². The lowest BCUT2D eigenvalue weighted by Crippen LogP contribution is -2.52. The molecule has 4 rings (SSSR count). The number of nitrogens with one attached hydrogen (secondary N) is 1. The Bertz CT molecular complexity index is 819. The van der Waals surface area contributed by atoms with Gasteiger partial charge in [0, 0.05) is 45.9 Å². The molecular formula is C28H45ClN2O. The van der Waals surface area contributed by atoms with E-state index in [4.69, 9.17) is 11.6 Å². The standard InChI is InChI=1S/C14H22ClNO.C14H23N/c1-10-9-14(2,3)16(6-7-17)13-8-11(15)4-5-12(10)13;1-9-6-7-10(2)13-12(9)11(3)8-14(4,5)15-13/h4,8,10,12,17H,5-7,9H2,1-3H3;6-7,9,11-12,15H,8H2,1-5H3. The maximum atomic E-state index is 9.26. The third-order valence-electron chi connectivity index (χ3n) is 8.00. The fourth-order valence-corrected chi connectivity index (χ4v) is 6.96. The van der Waals surface area contributed by atoms with E-state index in [2.05, 4.69) is 89.9 Å². The van der Waals surface area contributed by atoms with E-state index in [1.54, 1.807) is 0 Å². The van der Waals surface area contributed by atoms with Crippen LogP contribution in [0.15, 0.2) is 46.3 Å². The van der Waals surface area contributed by atoms with Gasteiger partial charge in [-0.25, -0.2) is 0 Å². The lowest BCUT2D eigenvalue weighted by Gasteiger charge is -2.52. The number of aliphatic hydroxyl groups excluding tert-OH is 1. The highest BCUT2D eigenvalue weighted by Crippen LogP contribution is 2.45. The van der Waals surface area contributed by atoms with Crippen molar-refractivity contribution in [1.29, 1.82) is 0 Å². The van der Waals surface area contributed by atoms with Gasteiger partial charge in [0.15, 0.2) is 0 Å². The molecule has 2 N–H and O–H groups in total. The molecule has 32 heavy (non-hydrogen) atoms. The highest BCUT2D eigenvalue weighted by atomic mass is 35.5. The summed E-state index contributed by atoms with van der Waals surface area (Å²) in [5, 5.41) is 13.8. The van der Waals surface area contributed by atoms with Crippen LogP contribution in [-0.4, -0.2) is 34.2 Å². The van der Waals surface area contributed by atoms with Crippen LogP contribution >= 0.6 is 11.6 Å². The van der Waals surface area contributed by atoms with Crippen LogP contribution in [0.25, 0.3) is 0 Å². The molecule has 2 fully saturated rings. The third-order valence-corrected chi connectivity index (χ3v) is 8.26. The largest absolute Gasteiger partial charge is 0.395 e. The van der Waals surface area contributed by atoms with Crippen molar-refractivity contribution >= 4 is 11.6 Å². The number of fused-ring (bicyclic) bond motifs is 2. The molecular weight excluding hydrogens is 416 g/mol. The number of halogens is 1. The van der Waals surface area contributed by atoms with Gasteiger partial charge in [-0.05, 0) is 83.3 Å². The molecule has 0 aromatic heterocycles. The topological polar surface area (TPSA) is 35.5 Å². The fraction of sp³-hybridized carbons (Fsp3) is 0.714. The van der Waals surface area contributed by atoms with Crippen molar-refractivity contribution in [3.05, 3.63) is 46.3 Å². The zero-order chi connectivity index (χ0) is 23.8. The van der Waals surface area contributed by atoms with E-state index in [0.717, 1.165) is 17.4 Å². The summed E-state index contributed by atoms with van der Waals surface area (Å²) in [6.45, 7) is 19.3. The zero-order valence-corrected chi connectivity index (χ0v) is 22.3. The van der Waals surface area contributed by atoms with E-state index < -0.39 is 0 Å². The molecule has 0 saturated carbocycles. The second kappa shape index (κ2) is 9.58. The van der Waals surface area contributed by atoms with Crippen molar-refractivity contribution in [2.75, 3.05) is 13.2 Å². The quantitative estimate of drug-likeness (QED) is 0.486. The SMILES string of the molecule is CC1=C2NC(C)(C)CC(C)C2C(C)C=C1.CC1CC(C)(C)N(CCO)C2=CC(Cl)=CCC21. The van der Waals surface area contributed by atoms with E-state index in [9.17, 15) is 5.11 Å². The molecule has 180 valence electrons. The Balaban J connectivity index is 0.000000182. The van der Waals surface area contributed by atoms with Crippen LogP contribution in [-0.2, 0) is 0 Å². The van der Waals surface area contributed by atoms with E-state index in [-0.39, 0.29) is 17.7 Å². The molecule has 2 aliphatic carbocycles. The Kier molecular flexibility index (Phi) is 7.62. The molecule has 2 aliphatic heterocycles. The van der Waals surface area contributed by atoms with E-state index >= 15 is 0 Å². The molecule has 5 unspecified atom stereocenters. The lowest BCUT2D eigenvalue weighted by molar-refractivity contribution is 0.0454. The second-order valence-corrected chi connectivity index (χ2v) is 12.3. The van der Waals surface area contributed by atoms with Crippen LogP contribution in [0.3, 0.4) is 0 Å². The number of rotatable bonds is 2. The smallest absolute Gasteiger partial charge is 0.0606 e. The van der Waals surface area contributed by atoms with Crippen LogP contribution in [0.1, 0.15) is 74.7 Å². The van der Waals surface area contributed by atoms with Gasteiger partial charge in [0.1, 0.15) is 0 Å². The van der Waals surface area contributed by atoms with Crippen LogP contribution in [0.4, 0.5) is 0 Å². The number of piperidine rings is 2. The summed E-state index contributed by atoms with van der Waals surface area (Å²) in [6.07, 6.45) is 12.3. The van der Waals surface area contributed by atoms with Crippen molar-refractivity contribution in [2.45, 2.75) is 85.7 Å². The fourth-order valence-electron chi connectivity index (χ4n) is 6.75. The zero-order valence-electron chi connectivity index (χ0n) is 21.5. The van der Waals surface area contributed by atoms with Crippen LogP contribution in [0, 0.1) is 29.6 Å². The first-order chi connectivity index (χ1) is 14.9.